The lowest BCUT2D eigenvalue weighted by Crippen LogP contribution is -2.23. The van der Waals surface area contributed by atoms with Crippen molar-refractivity contribution in [3.63, 3.8) is 0 Å². The highest BCUT2D eigenvalue weighted by molar-refractivity contribution is 7.99. The molecule has 1 heterocycles. The largest absolute Gasteiger partial charge is 0.394 e. The van der Waals surface area contributed by atoms with E-state index in [-0.39, 0.29) is 35.7 Å². The van der Waals surface area contributed by atoms with E-state index in [4.69, 9.17) is 9.74 Å². The van der Waals surface area contributed by atoms with Crippen molar-refractivity contribution < 1.29 is 24.4 Å². The smallest absolute Gasteiger partial charge is 0.185 e. The molecule has 0 spiro atoms. The predicted molar refractivity (Wildman–Crippen MR) is 87.0 cm³/mol. The van der Waals surface area contributed by atoms with Gasteiger partial charge in [-0.05, 0) is 46.4 Å². The third-order valence-electron chi connectivity index (χ3n) is 3.85. The maximum absolute atomic E-state index is 13.5. The van der Waals surface area contributed by atoms with E-state index in [1.54, 1.807) is 6.07 Å². The molecule has 0 amide bonds. The molecule has 2 atom stereocenters. The van der Waals surface area contributed by atoms with E-state index >= 15 is 0 Å². The van der Waals surface area contributed by atoms with Crippen molar-refractivity contribution >= 4 is 17.6 Å². The van der Waals surface area contributed by atoms with Crippen LogP contribution < -0.4 is 5.48 Å². The number of aromatic nitrogens is 2. The van der Waals surface area contributed by atoms with Crippen molar-refractivity contribution in [2.75, 3.05) is 12.4 Å². The van der Waals surface area contributed by atoms with Crippen molar-refractivity contribution in [3.05, 3.63) is 40.8 Å². The van der Waals surface area contributed by atoms with Crippen LogP contribution in [0.25, 0.3) is 0 Å². The first-order chi connectivity index (χ1) is 12.1. The minimum Gasteiger partial charge on any atom is -0.394 e. The summed E-state index contributed by atoms with van der Waals surface area (Å²) < 4.78 is 18.2. The molecule has 2 aromatic rings. The van der Waals surface area contributed by atoms with Gasteiger partial charge in [0.15, 0.2) is 16.6 Å². The first-order valence-electron chi connectivity index (χ1n) is 7.63. The van der Waals surface area contributed by atoms with Crippen LogP contribution >= 0.6 is 11.8 Å². The van der Waals surface area contributed by atoms with Crippen LogP contribution in [0.3, 0.4) is 0 Å². The average molecular weight is 368 g/mol. The quantitative estimate of drug-likeness (QED) is 0.258. The fraction of sp³-hybridized carbons (Fsp3) is 0.400. The second-order valence-corrected chi connectivity index (χ2v) is 6.56. The van der Waals surface area contributed by atoms with Crippen molar-refractivity contribution in [1.82, 2.24) is 15.8 Å². The Balaban J connectivity index is 1.84. The molecule has 25 heavy (non-hydrogen) atoms. The first kappa shape index (κ1) is 17.8. The number of rotatable bonds is 6. The second kappa shape index (κ2) is 7.91. The van der Waals surface area contributed by atoms with Gasteiger partial charge in [-0.15, -0.1) is 0 Å². The fourth-order valence-electron chi connectivity index (χ4n) is 2.63. The molecule has 0 radical (unpaired) electrons. The Kier molecular flexibility index (Phi) is 5.63. The molecule has 1 aromatic carbocycles. The second-order valence-electron chi connectivity index (χ2n) is 5.55. The number of hydrogen-bond acceptors (Lipinski definition) is 8. The van der Waals surface area contributed by atoms with Gasteiger partial charge in [-0.25, -0.2) is 9.02 Å². The number of aliphatic hydroxyl groups excluding tert-OH is 2. The lowest BCUT2D eigenvalue weighted by Gasteiger charge is -2.10. The van der Waals surface area contributed by atoms with Gasteiger partial charge in [0.05, 0.1) is 18.8 Å². The lowest BCUT2D eigenvalue weighted by molar-refractivity contribution is 0.113. The number of hydrogen-bond donors (Lipinski definition) is 4. The lowest BCUT2D eigenvalue weighted by atomic mass is 10.1. The van der Waals surface area contributed by atoms with E-state index in [2.05, 4.69) is 15.3 Å². The van der Waals surface area contributed by atoms with Crippen molar-refractivity contribution in [2.24, 2.45) is 4.99 Å². The summed E-state index contributed by atoms with van der Waals surface area (Å²) in [5, 5.41) is 35.5. The van der Waals surface area contributed by atoms with Gasteiger partial charge in [0, 0.05) is 5.75 Å². The highest BCUT2D eigenvalue weighted by Gasteiger charge is 2.25. The molecule has 10 heteroatoms. The van der Waals surface area contributed by atoms with E-state index in [0.29, 0.717) is 11.4 Å². The molecule has 1 unspecified atom stereocenters. The van der Waals surface area contributed by atoms with E-state index in [1.807, 2.05) is 5.48 Å². The van der Waals surface area contributed by atoms with E-state index < -0.39 is 6.10 Å². The molecular formula is C15H17FN4O4S. The summed E-state index contributed by atoms with van der Waals surface area (Å²) >= 11 is 1.11. The van der Waals surface area contributed by atoms with Gasteiger partial charge in [-0.1, -0.05) is 17.8 Å². The topological polar surface area (TPSA) is 124 Å². The Morgan fingerprint density at radius 2 is 2.32 bits per heavy atom. The molecule has 1 aliphatic carbocycles. The minimum absolute atomic E-state index is 0.0457. The fourth-order valence-corrected chi connectivity index (χ4v) is 3.44. The summed E-state index contributed by atoms with van der Waals surface area (Å²) in [6.45, 7) is -0.378. The zero-order chi connectivity index (χ0) is 17.8. The third-order valence-corrected chi connectivity index (χ3v) is 4.94. The van der Waals surface area contributed by atoms with Gasteiger partial charge in [0.1, 0.15) is 5.82 Å². The van der Waals surface area contributed by atoms with Gasteiger partial charge >= 0.3 is 0 Å². The van der Waals surface area contributed by atoms with Crippen molar-refractivity contribution in [2.45, 2.75) is 30.0 Å². The Morgan fingerprint density at radius 3 is 3.08 bits per heavy atom. The Labute approximate surface area is 146 Å². The van der Waals surface area contributed by atoms with Crippen LogP contribution in [0.5, 0.6) is 0 Å². The number of nitrogens with one attached hydrogen (secondary N) is 1. The van der Waals surface area contributed by atoms with E-state index in [0.717, 1.165) is 29.3 Å². The summed E-state index contributed by atoms with van der Waals surface area (Å²) in [5.41, 5.74) is 3.96. The maximum Gasteiger partial charge on any atom is 0.185 e. The summed E-state index contributed by atoms with van der Waals surface area (Å²) in [6.07, 6.45) is 0.534. The number of fused-ring (bicyclic) bond motifs is 1. The van der Waals surface area contributed by atoms with Gasteiger partial charge in [-0.3, -0.25) is 15.7 Å². The van der Waals surface area contributed by atoms with Gasteiger partial charge in [0.25, 0.3) is 0 Å². The predicted octanol–water partition coefficient (Wildman–Crippen LogP) is 1.07. The SMILES string of the molecule is OCC(O)CSc1nonc1C(=N[C@@H]1CCc2ccc(F)cc21)NO. The Hall–Kier alpha value is -2.01. The summed E-state index contributed by atoms with van der Waals surface area (Å²) in [6, 6.07) is 4.28. The van der Waals surface area contributed by atoms with Crippen molar-refractivity contribution in [1.29, 1.82) is 0 Å². The molecule has 0 fully saturated rings. The molecule has 0 saturated carbocycles. The number of benzene rings is 1. The highest BCUT2D eigenvalue weighted by atomic mass is 32.2. The normalized spacial score (nSPS) is 18.2. The van der Waals surface area contributed by atoms with Crippen molar-refractivity contribution in [3.8, 4) is 0 Å². The monoisotopic (exact) mass is 368 g/mol. The zero-order valence-electron chi connectivity index (χ0n) is 13.1. The first-order valence-corrected chi connectivity index (χ1v) is 8.61. The van der Waals surface area contributed by atoms with Crippen LogP contribution in [0.15, 0.2) is 32.8 Å². The van der Waals surface area contributed by atoms with Crippen LogP contribution in [0.4, 0.5) is 4.39 Å². The molecule has 0 bridgehead atoms. The Bertz CT molecular complexity index is 770. The highest BCUT2D eigenvalue weighted by Crippen LogP contribution is 2.35. The molecule has 0 aliphatic heterocycles. The van der Waals surface area contributed by atoms with Gasteiger partial charge < -0.3 is 10.2 Å². The maximum atomic E-state index is 13.5. The number of nitrogens with zero attached hydrogens (tertiary/aromatic N) is 3. The number of aliphatic hydroxyl groups is 2. The molecule has 1 aliphatic rings. The molecular weight excluding hydrogens is 351 g/mol. The number of halogens is 1. The van der Waals surface area contributed by atoms with E-state index in [1.165, 1.54) is 12.1 Å². The third kappa shape index (κ3) is 3.98. The van der Waals surface area contributed by atoms with E-state index in [9.17, 15) is 14.7 Å². The average Bonchev–Trinajstić information content (AvgIpc) is 3.24. The van der Waals surface area contributed by atoms with Gasteiger partial charge in [-0.2, -0.15) is 0 Å². The van der Waals surface area contributed by atoms with Crippen LogP contribution in [0, 0.1) is 5.82 Å². The number of amidine groups is 1. The standard InChI is InChI=1S/C15H17FN4O4S/c16-9-3-1-8-2-4-12(11(8)5-9)17-14(18-23)13-15(20-24-19-13)25-7-10(22)6-21/h1,3,5,10,12,21-23H,2,4,6-7H2,(H,17,18)/t10?,12-/m1/s1. The zero-order valence-corrected chi connectivity index (χ0v) is 13.9. The number of aryl methyl sites for hydroxylation is 1. The molecule has 0 saturated heterocycles. The number of aliphatic imine (C=N–C) groups is 1. The molecule has 8 nitrogen and oxygen atoms in total. The van der Waals surface area contributed by atoms with Crippen LogP contribution in [-0.4, -0.2) is 50.0 Å². The molecule has 134 valence electrons. The van der Waals surface area contributed by atoms with Crippen LogP contribution in [0.1, 0.15) is 29.3 Å². The Morgan fingerprint density at radius 1 is 1.48 bits per heavy atom. The van der Waals surface area contributed by atoms with Crippen LogP contribution in [0.2, 0.25) is 0 Å². The molecule has 1 aromatic heterocycles. The summed E-state index contributed by atoms with van der Waals surface area (Å²) in [7, 11) is 0. The number of thioether (sulfide) groups is 1. The molecule has 4 N–H and O–H groups in total. The number of hydroxylamine groups is 1. The minimum atomic E-state index is -0.915. The molecule has 3 rings (SSSR count). The summed E-state index contributed by atoms with van der Waals surface area (Å²) in [5.74, 6) is -0.116. The summed E-state index contributed by atoms with van der Waals surface area (Å²) in [4.78, 5) is 4.43. The van der Waals surface area contributed by atoms with Crippen LogP contribution in [-0.2, 0) is 6.42 Å². The van der Waals surface area contributed by atoms with Gasteiger partial charge in [0.2, 0.25) is 0 Å².